The van der Waals surface area contributed by atoms with Gasteiger partial charge in [0.2, 0.25) is 15.8 Å². The SMILES string of the molecule is Cc1ccc(S(=O)(=O)c2cnc(N3CCN(C4CCCCC4)CC3)nc2N)cc1. The first-order valence-electron chi connectivity index (χ1n) is 10.4. The van der Waals surface area contributed by atoms with Crippen molar-refractivity contribution in [1.29, 1.82) is 0 Å². The maximum absolute atomic E-state index is 12.9. The van der Waals surface area contributed by atoms with Gasteiger partial charge in [-0.15, -0.1) is 0 Å². The highest BCUT2D eigenvalue weighted by Gasteiger charge is 2.27. The number of nitrogen functional groups attached to an aromatic ring is 1. The lowest BCUT2D eigenvalue weighted by Crippen LogP contribution is -2.51. The van der Waals surface area contributed by atoms with Crippen molar-refractivity contribution in [1.82, 2.24) is 14.9 Å². The lowest BCUT2D eigenvalue weighted by molar-refractivity contribution is 0.147. The van der Waals surface area contributed by atoms with Gasteiger partial charge >= 0.3 is 0 Å². The summed E-state index contributed by atoms with van der Waals surface area (Å²) in [4.78, 5) is 13.5. The summed E-state index contributed by atoms with van der Waals surface area (Å²) in [5.41, 5.74) is 7.05. The number of sulfone groups is 1. The zero-order valence-corrected chi connectivity index (χ0v) is 17.7. The molecule has 1 aromatic heterocycles. The highest BCUT2D eigenvalue weighted by atomic mass is 32.2. The molecule has 0 amide bonds. The summed E-state index contributed by atoms with van der Waals surface area (Å²) in [6.07, 6.45) is 7.98. The number of hydrogen-bond donors (Lipinski definition) is 1. The highest BCUT2D eigenvalue weighted by molar-refractivity contribution is 7.91. The van der Waals surface area contributed by atoms with Gasteiger partial charge in [0.25, 0.3) is 0 Å². The molecule has 1 aliphatic carbocycles. The lowest BCUT2D eigenvalue weighted by Gasteiger charge is -2.40. The Kier molecular flexibility index (Phi) is 5.74. The van der Waals surface area contributed by atoms with Crippen LogP contribution in [0.2, 0.25) is 0 Å². The van der Waals surface area contributed by atoms with Crippen LogP contribution < -0.4 is 10.6 Å². The maximum atomic E-state index is 12.9. The second-order valence-electron chi connectivity index (χ2n) is 8.05. The van der Waals surface area contributed by atoms with E-state index in [1.165, 1.54) is 38.3 Å². The van der Waals surface area contributed by atoms with Crippen molar-refractivity contribution in [2.24, 2.45) is 0 Å². The third-order valence-corrected chi connectivity index (χ3v) is 7.87. The Morgan fingerprint density at radius 2 is 1.66 bits per heavy atom. The van der Waals surface area contributed by atoms with E-state index in [1.54, 1.807) is 24.3 Å². The Bertz CT molecular complexity index is 948. The fourth-order valence-corrected chi connectivity index (χ4v) is 5.57. The van der Waals surface area contributed by atoms with Crippen LogP contribution in [0.15, 0.2) is 40.3 Å². The smallest absolute Gasteiger partial charge is 0.227 e. The zero-order chi connectivity index (χ0) is 20.4. The Morgan fingerprint density at radius 3 is 2.28 bits per heavy atom. The van der Waals surface area contributed by atoms with Gasteiger partial charge in [-0.25, -0.2) is 13.4 Å². The Morgan fingerprint density at radius 1 is 1.00 bits per heavy atom. The summed E-state index contributed by atoms with van der Waals surface area (Å²) in [5, 5.41) is 0. The molecule has 2 N–H and O–H groups in total. The molecule has 2 heterocycles. The molecule has 1 saturated carbocycles. The van der Waals surface area contributed by atoms with Gasteiger partial charge in [-0.1, -0.05) is 37.0 Å². The topological polar surface area (TPSA) is 92.4 Å². The zero-order valence-electron chi connectivity index (χ0n) is 16.9. The number of aromatic nitrogens is 2. The summed E-state index contributed by atoms with van der Waals surface area (Å²) in [7, 11) is -3.73. The molecule has 7 nitrogen and oxygen atoms in total. The molecular formula is C21H29N5O2S. The van der Waals surface area contributed by atoms with Gasteiger partial charge in [-0.2, -0.15) is 4.98 Å². The number of nitrogens with zero attached hydrogens (tertiary/aromatic N) is 4. The average molecular weight is 416 g/mol. The molecular weight excluding hydrogens is 386 g/mol. The van der Waals surface area contributed by atoms with E-state index in [1.807, 2.05) is 6.92 Å². The largest absolute Gasteiger partial charge is 0.382 e. The Labute approximate surface area is 172 Å². The molecule has 1 saturated heterocycles. The highest BCUT2D eigenvalue weighted by Crippen LogP contribution is 2.27. The van der Waals surface area contributed by atoms with Crippen molar-refractivity contribution in [3.63, 3.8) is 0 Å². The van der Waals surface area contributed by atoms with Crippen molar-refractivity contribution in [2.45, 2.75) is 54.9 Å². The molecule has 0 spiro atoms. The van der Waals surface area contributed by atoms with E-state index >= 15 is 0 Å². The van der Waals surface area contributed by atoms with Crippen LogP contribution in [0.25, 0.3) is 0 Å². The summed E-state index contributed by atoms with van der Waals surface area (Å²) in [6, 6.07) is 7.41. The number of piperazine rings is 1. The van der Waals surface area contributed by atoms with E-state index in [-0.39, 0.29) is 15.6 Å². The van der Waals surface area contributed by atoms with Crippen LogP contribution in [0.1, 0.15) is 37.7 Å². The van der Waals surface area contributed by atoms with Crippen LogP contribution in [-0.4, -0.2) is 55.5 Å². The summed E-state index contributed by atoms with van der Waals surface area (Å²) < 4.78 is 25.8. The lowest BCUT2D eigenvalue weighted by atomic mass is 9.94. The third-order valence-electron chi connectivity index (χ3n) is 6.08. The molecule has 29 heavy (non-hydrogen) atoms. The van der Waals surface area contributed by atoms with Crippen molar-refractivity contribution >= 4 is 21.6 Å². The molecule has 2 aliphatic rings. The van der Waals surface area contributed by atoms with Gasteiger partial charge in [0.05, 0.1) is 11.1 Å². The molecule has 0 bridgehead atoms. The van der Waals surface area contributed by atoms with Gasteiger partial charge in [-0.3, -0.25) is 4.90 Å². The fraction of sp³-hybridized carbons (Fsp3) is 0.524. The number of aryl methyl sites for hydroxylation is 1. The fourth-order valence-electron chi connectivity index (χ4n) is 4.31. The van der Waals surface area contributed by atoms with Crippen LogP contribution in [0.3, 0.4) is 0 Å². The minimum absolute atomic E-state index is 0.00489. The van der Waals surface area contributed by atoms with Gasteiger partial charge in [0, 0.05) is 32.2 Å². The molecule has 4 rings (SSSR count). The Hall–Kier alpha value is -2.19. The molecule has 1 aliphatic heterocycles. The molecule has 2 aromatic rings. The number of hydrogen-bond acceptors (Lipinski definition) is 7. The van der Waals surface area contributed by atoms with Crippen molar-refractivity contribution in [2.75, 3.05) is 36.8 Å². The van der Waals surface area contributed by atoms with Crippen molar-refractivity contribution in [3.8, 4) is 0 Å². The molecule has 1 aromatic carbocycles. The second-order valence-corrected chi connectivity index (χ2v) is 9.97. The van der Waals surface area contributed by atoms with Crippen LogP contribution in [0, 0.1) is 6.92 Å². The minimum Gasteiger partial charge on any atom is -0.382 e. The van der Waals surface area contributed by atoms with E-state index in [0.717, 1.165) is 31.7 Å². The summed E-state index contributed by atoms with van der Waals surface area (Å²) in [6.45, 7) is 5.55. The summed E-state index contributed by atoms with van der Waals surface area (Å²) >= 11 is 0. The van der Waals surface area contributed by atoms with E-state index < -0.39 is 9.84 Å². The standard InChI is InChI=1S/C21H29N5O2S/c1-16-7-9-18(10-8-16)29(27,28)19-15-23-21(24-20(19)22)26-13-11-25(12-14-26)17-5-3-2-4-6-17/h7-10,15,17H,2-6,11-14H2,1H3,(H2,22,23,24). The van der Waals surface area contributed by atoms with Crippen LogP contribution in [0.4, 0.5) is 11.8 Å². The van der Waals surface area contributed by atoms with Crippen LogP contribution in [-0.2, 0) is 9.84 Å². The number of anilines is 2. The monoisotopic (exact) mass is 415 g/mol. The number of rotatable bonds is 4. The molecule has 2 fully saturated rings. The first kappa shape index (κ1) is 20.1. The van der Waals surface area contributed by atoms with Gasteiger partial charge in [0.15, 0.2) is 0 Å². The average Bonchev–Trinajstić information content (AvgIpc) is 2.74. The normalized spacial score (nSPS) is 19.4. The Balaban J connectivity index is 1.47. The minimum atomic E-state index is -3.73. The van der Waals surface area contributed by atoms with Crippen molar-refractivity contribution < 1.29 is 8.42 Å². The molecule has 0 radical (unpaired) electrons. The quantitative estimate of drug-likeness (QED) is 0.820. The van der Waals surface area contributed by atoms with Crippen molar-refractivity contribution in [3.05, 3.63) is 36.0 Å². The van der Waals surface area contributed by atoms with E-state index in [9.17, 15) is 8.42 Å². The predicted molar refractivity (Wildman–Crippen MR) is 114 cm³/mol. The second kappa shape index (κ2) is 8.28. The van der Waals surface area contributed by atoms with Gasteiger partial charge in [-0.05, 0) is 31.9 Å². The first-order valence-corrected chi connectivity index (χ1v) is 11.9. The molecule has 8 heteroatoms. The number of benzene rings is 1. The van der Waals surface area contributed by atoms with Crippen LogP contribution in [0.5, 0.6) is 0 Å². The molecule has 156 valence electrons. The van der Waals surface area contributed by atoms with Gasteiger partial charge < -0.3 is 10.6 Å². The number of nitrogens with two attached hydrogens (primary N) is 1. The van der Waals surface area contributed by atoms with E-state index in [0.29, 0.717) is 12.0 Å². The van der Waals surface area contributed by atoms with E-state index in [2.05, 4.69) is 19.8 Å². The molecule has 0 atom stereocenters. The predicted octanol–water partition coefficient (Wildman–Crippen LogP) is 2.65. The van der Waals surface area contributed by atoms with Gasteiger partial charge in [0.1, 0.15) is 10.7 Å². The third kappa shape index (κ3) is 4.23. The summed E-state index contributed by atoms with van der Waals surface area (Å²) in [5.74, 6) is 0.513. The molecule has 0 unspecified atom stereocenters. The maximum Gasteiger partial charge on any atom is 0.227 e. The first-order chi connectivity index (χ1) is 13.9. The van der Waals surface area contributed by atoms with E-state index in [4.69, 9.17) is 5.73 Å². The van der Waals surface area contributed by atoms with Crippen LogP contribution >= 0.6 is 0 Å².